The summed E-state index contributed by atoms with van der Waals surface area (Å²) in [7, 11) is 1.63. The van der Waals surface area contributed by atoms with E-state index in [1.165, 1.54) is 31.4 Å². The van der Waals surface area contributed by atoms with Crippen molar-refractivity contribution >= 4 is 0 Å². The smallest absolute Gasteiger partial charge is 0.320 e. The summed E-state index contributed by atoms with van der Waals surface area (Å²) in [6.07, 6.45) is 5.58. The van der Waals surface area contributed by atoms with E-state index in [2.05, 4.69) is 14.9 Å². The van der Waals surface area contributed by atoms with Crippen LogP contribution in [-0.2, 0) is 13.2 Å². The Morgan fingerprint density at radius 2 is 1.77 bits per heavy atom. The van der Waals surface area contributed by atoms with Crippen LogP contribution >= 0.6 is 0 Å². The van der Waals surface area contributed by atoms with Gasteiger partial charge < -0.3 is 9.47 Å². The molecular formula is C25H28FN3O2. The Labute approximate surface area is 182 Å². The number of hydrogen-bond acceptors (Lipinski definition) is 5. The fraction of sp³-hybridized carbons (Fsp3) is 0.360. The van der Waals surface area contributed by atoms with Gasteiger partial charge in [0.2, 0.25) is 5.88 Å². The lowest BCUT2D eigenvalue weighted by Gasteiger charge is -2.26. The molecule has 2 aromatic carbocycles. The standard InChI is InChI=1S/C25H28FN3O2/c1-18-20(7-6-8-23(18)19-9-11-22(26)12-10-19)17-31-25-27-15-21(24(28-25)30-2)16-29-13-4-3-5-14-29/h6-12,15H,3-5,13-14,16-17H2,1-2H3. The Morgan fingerprint density at radius 3 is 2.52 bits per heavy atom. The van der Waals surface area contributed by atoms with Crippen molar-refractivity contribution in [2.75, 3.05) is 20.2 Å². The predicted octanol–water partition coefficient (Wildman–Crippen LogP) is 5.16. The number of likely N-dealkylation sites (tertiary alicyclic amines) is 1. The molecule has 3 aromatic rings. The first-order valence-corrected chi connectivity index (χ1v) is 10.7. The Bertz CT molecular complexity index is 1020. The summed E-state index contributed by atoms with van der Waals surface area (Å²) in [5.74, 6) is 0.322. The largest absolute Gasteiger partial charge is 0.481 e. The first-order chi connectivity index (χ1) is 15.1. The van der Waals surface area contributed by atoms with Crippen LogP contribution in [0.15, 0.2) is 48.7 Å². The highest BCUT2D eigenvalue weighted by Gasteiger charge is 2.16. The lowest BCUT2D eigenvalue weighted by atomic mass is 9.97. The molecule has 0 radical (unpaired) electrons. The number of hydrogen-bond donors (Lipinski definition) is 0. The van der Waals surface area contributed by atoms with E-state index >= 15 is 0 Å². The van der Waals surface area contributed by atoms with Crippen molar-refractivity contribution in [1.82, 2.24) is 14.9 Å². The van der Waals surface area contributed by atoms with Gasteiger partial charge in [0, 0.05) is 18.3 Å². The maximum Gasteiger partial charge on any atom is 0.320 e. The first kappa shape index (κ1) is 21.2. The maximum atomic E-state index is 13.3. The van der Waals surface area contributed by atoms with E-state index < -0.39 is 0 Å². The Morgan fingerprint density at radius 1 is 1.00 bits per heavy atom. The van der Waals surface area contributed by atoms with Crippen molar-refractivity contribution in [3.63, 3.8) is 0 Å². The van der Waals surface area contributed by atoms with E-state index in [1.54, 1.807) is 25.4 Å². The van der Waals surface area contributed by atoms with E-state index in [1.807, 2.05) is 25.1 Å². The minimum Gasteiger partial charge on any atom is -0.481 e. The monoisotopic (exact) mass is 421 g/mol. The molecule has 0 amide bonds. The van der Waals surface area contributed by atoms with E-state index in [-0.39, 0.29) is 5.82 Å². The van der Waals surface area contributed by atoms with Gasteiger partial charge in [-0.05, 0) is 67.2 Å². The van der Waals surface area contributed by atoms with Crippen LogP contribution in [0.4, 0.5) is 4.39 Å². The molecule has 1 aliphatic rings. The molecule has 0 spiro atoms. The molecule has 0 saturated carbocycles. The zero-order valence-corrected chi connectivity index (χ0v) is 18.1. The highest BCUT2D eigenvalue weighted by molar-refractivity contribution is 5.68. The van der Waals surface area contributed by atoms with Crippen LogP contribution in [0.5, 0.6) is 11.9 Å². The molecule has 31 heavy (non-hydrogen) atoms. The molecule has 0 N–H and O–H groups in total. The third-order valence-electron chi connectivity index (χ3n) is 5.80. The lowest BCUT2D eigenvalue weighted by molar-refractivity contribution is 0.215. The van der Waals surface area contributed by atoms with E-state index in [0.29, 0.717) is 18.5 Å². The van der Waals surface area contributed by atoms with Crippen LogP contribution in [0.2, 0.25) is 0 Å². The van der Waals surface area contributed by atoms with Gasteiger partial charge in [-0.1, -0.05) is 36.8 Å². The molecule has 1 saturated heterocycles. The quantitative estimate of drug-likeness (QED) is 0.527. The lowest BCUT2D eigenvalue weighted by Crippen LogP contribution is -2.29. The number of aromatic nitrogens is 2. The van der Waals surface area contributed by atoms with Gasteiger partial charge in [0.1, 0.15) is 12.4 Å². The summed E-state index contributed by atoms with van der Waals surface area (Å²) < 4.78 is 24.7. The van der Waals surface area contributed by atoms with Crippen molar-refractivity contribution < 1.29 is 13.9 Å². The number of ether oxygens (including phenoxy) is 2. The predicted molar refractivity (Wildman–Crippen MR) is 119 cm³/mol. The van der Waals surface area contributed by atoms with Crippen LogP contribution in [0.1, 0.15) is 36.0 Å². The van der Waals surface area contributed by atoms with Gasteiger partial charge in [0.25, 0.3) is 0 Å². The molecule has 1 aromatic heterocycles. The Hall–Kier alpha value is -2.99. The van der Waals surface area contributed by atoms with E-state index in [0.717, 1.165) is 47.5 Å². The van der Waals surface area contributed by atoms with Crippen LogP contribution < -0.4 is 9.47 Å². The van der Waals surface area contributed by atoms with Crippen LogP contribution in [0, 0.1) is 12.7 Å². The normalized spacial score (nSPS) is 14.4. The highest BCUT2D eigenvalue weighted by atomic mass is 19.1. The van der Waals surface area contributed by atoms with Gasteiger partial charge in [-0.2, -0.15) is 4.98 Å². The molecule has 0 aliphatic carbocycles. The molecule has 2 heterocycles. The van der Waals surface area contributed by atoms with Crippen molar-refractivity contribution in [2.45, 2.75) is 39.3 Å². The molecular weight excluding hydrogens is 393 g/mol. The second kappa shape index (κ2) is 9.88. The molecule has 0 unspecified atom stereocenters. The highest BCUT2D eigenvalue weighted by Crippen LogP contribution is 2.27. The molecule has 6 heteroatoms. The summed E-state index contributed by atoms with van der Waals surface area (Å²) in [4.78, 5) is 11.3. The van der Waals surface area contributed by atoms with Crippen LogP contribution in [0.3, 0.4) is 0 Å². The van der Waals surface area contributed by atoms with Crippen molar-refractivity contribution in [3.8, 4) is 23.0 Å². The second-order valence-electron chi connectivity index (χ2n) is 7.91. The van der Waals surface area contributed by atoms with Crippen molar-refractivity contribution in [1.29, 1.82) is 0 Å². The molecule has 5 nitrogen and oxygen atoms in total. The number of nitrogens with zero attached hydrogens (tertiary/aromatic N) is 3. The van der Waals surface area contributed by atoms with Gasteiger partial charge in [-0.25, -0.2) is 9.37 Å². The van der Waals surface area contributed by atoms with Gasteiger partial charge in [-0.3, -0.25) is 4.90 Å². The average Bonchev–Trinajstić information content (AvgIpc) is 2.80. The zero-order valence-electron chi connectivity index (χ0n) is 18.1. The molecule has 4 rings (SSSR count). The maximum absolute atomic E-state index is 13.3. The summed E-state index contributed by atoms with van der Waals surface area (Å²) in [6, 6.07) is 12.9. The number of benzene rings is 2. The summed E-state index contributed by atoms with van der Waals surface area (Å²) in [6.45, 7) is 5.38. The van der Waals surface area contributed by atoms with Crippen LogP contribution in [-0.4, -0.2) is 35.1 Å². The van der Waals surface area contributed by atoms with Gasteiger partial charge in [0.15, 0.2) is 0 Å². The Balaban J connectivity index is 1.46. The molecule has 1 aliphatic heterocycles. The molecule has 162 valence electrons. The van der Waals surface area contributed by atoms with E-state index in [4.69, 9.17) is 9.47 Å². The molecule has 0 atom stereocenters. The number of rotatable bonds is 7. The van der Waals surface area contributed by atoms with Crippen molar-refractivity contribution in [3.05, 3.63) is 71.2 Å². The number of methoxy groups -OCH3 is 1. The van der Waals surface area contributed by atoms with Crippen LogP contribution in [0.25, 0.3) is 11.1 Å². The summed E-state index contributed by atoms with van der Waals surface area (Å²) in [5, 5.41) is 0. The number of halogens is 1. The van der Waals surface area contributed by atoms with Gasteiger partial charge in [-0.15, -0.1) is 0 Å². The fourth-order valence-electron chi connectivity index (χ4n) is 4.01. The average molecular weight is 422 g/mol. The third kappa shape index (κ3) is 5.20. The minimum atomic E-state index is -0.240. The summed E-state index contributed by atoms with van der Waals surface area (Å²) in [5.41, 5.74) is 5.12. The second-order valence-corrected chi connectivity index (χ2v) is 7.91. The van der Waals surface area contributed by atoms with Crippen molar-refractivity contribution in [2.24, 2.45) is 0 Å². The van der Waals surface area contributed by atoms with Gasteiger partial charge >= 0.3 is 6.01 Å². The fourth-order valence-corrected chi connectivity index (χ4v) is 4.01. The first-order valence-electron chi connectivity index (χ1n) is 10.7. The molecule has 1 fully saturated rings. The minimum absolute atomic E-state index is 0.240. The van der Waals surface area contributed by atoms with Gasteiger partial charge in [0.05, 0.1) is 7.11 Å². The number of piperidine rings is 1. The Kier molecular flexibility index (Phi) is 6.77. The topological polar surface area (TPSA) is 47.5 Å². The third-order valence-corrected chi connectivity index (χ3v) is 5.80. The summed E-state index contributed by atoms with van der Waals surface area (Å²) >= 11 is 0. The van der Waals surface area contributed by atoms with E-state index in [9.17, 15) is 4.39 Å². The molecule has 0 bridgehead atoms. The SMILES string of the molecule is COc1nc(OCc2cccc(-c3ccc(F)cc3)c2C)ncc1CN1CCCCC1. The zero-order chi connectivity index (χ0) is 21.6.